The van der Waals surface area contributed by atoms with Crippen molar-refractivity contribution in [2.24, 2.45) is 5.10 Å². The van der Waals surface area contributed by atoms with Crippen LogP contribution in [0.3, 0.4) is 0 Å². The fourth-order valence-corrected chi connectivity index (χ4v) is 2.25. The first-order chi connectivity index (χ1) is 10.7. The van der Waals surface area contributed by atoms with Crippen molar-refractivity contribution < 1.29 is 9.90 Å². The number of rotatable bonds is 11. The van der Waals surface area contributed by atoms with Gasteiger partial charge in [-0.3, -0.25) is 4.79 Å². The molecule has 0 aliphatic rings. The van der Waals surface area contributed by atoms with E-state index in [9.17, 15) is 9.90 Å². The molecule has 2 N–H and O–H groups in total. The Hall–Kier alpha value is -1.84. The highest BCUT2D eigenvalue weighted by Gasteiger charge is 2.00. The standard InChI is InChI=1S/C18H28N2O2/c1-2-3-4-5-6-7-8-9-14-18(22)20-19-15-16-12-10-11-13-17(16)21/h10-13,15,21H,2-9,14H2,1H3,(H,20,22). The molecule has 0 aromatic heterocycles. The van der Waals surface area contributed by atoms with Gasteiger partial charge in [0.15, 0.2) is 0 Å². The molecule has 122 valence electrons. The number of hydrazone groups is 1. The Morgan fingerprint density at radius 2 is 1.73 bits per heavy atom. The van der Waals surface area contributed by atoms with Crippen LogP contribution in [0.4, 0.5) is 0 Å². The average molecular weight is 304 g/mol. The summed E-state index contributed by atoms with van der Waals surface area (Å²) in [5, 5.41) is 13.4. The van der Waals surface area contributed by atoms with E-state index < -0.39 is 0 Å². The minimum Gasteiger partial charge on any atom is -0.507 e. The molecule has 0 unspecified atom stereocenters. The van der Waals surface area contributed by atoms with Crippen LogP contribution >= 0.6 is 0 Å². The van der Waals surface area contributed by atoms with Crippen molar-refractivity contribution in [3.8, 4) is 5.75 Å². The summed E-state index contributed by atoms with van der Waals surface area (Å²) in [4.78, 5) is 11.6. The third-order valence-corrected chi connectivity index (χ3v) is 3.59. The lowest BCUT2D eigenvalue weighted by Crippen LogP contribution is -2.16. The SMILES string of the molecule is CCCCCCCCCCC(=O)NN=Cc1ccccc1O. The Morgan fingerprint density at radius 3 is 2.41 bits per heavy atom. The monoisotopic (exact) mass is 304 g/mol. The maximum Gasteiger partial charge on any atom is 0.240 e. The van der Waals surface area contributed by atoms with E-state index in [2.05, 4.69) is 17.5 Å². The Morgan fingerprint density at radius 1 is 1.09 bits per heavy atom. The lowest BCUT2D eigenvalue weighted by atomic mass is 10.1. The molecule has 0 fully saturated rings. The van der Waals surface area contributed by atoms with Crippen molar-refractivity contribution in [2.75, 3.05) is 0 Å². The predicted molar refractivity (Wildman–Crippen MR) is 91.1 cm³/mol. The van der Waals surface area contributed by atoms with Crippen molar-refractivity contribution in [3.05, 3.63) is 29.8 Å². The number of phenols is 1. The van der Waals surface area contributed by atoms with Gasteiger partial charge in [0.25, 0.3) is 0 Å². The van der Waals surface area contributed by atoms with E-state index in [1.54, 1.807) is 18.2 Å². The van der Waals surface area contributed by atoms with Gasteiger partial charge in [0.05, 0.1) is 6.21 Å². The third-order valence-electron chi connectivity index (χ3n) is 3.59. The first kappa shape index (κ1) is 18.2. The van der Waals surface area contributed by atoms with Crippen LogP contribution in [0.25, 0.3) is 0 Å². The van der Waals surface area contributed by atoms with Gasteiger partial charge in [-0.15, -0.1) is 0 Å². The van der Waals surface area contributed by atoms with Crippen LogP contribution < -0.4 is 5.43 Å². The molecule has 0 saturated heterocycles. The zero-order valence-corrected chi connectivity index (χ0v) is 13.6. The molecular weight excluding hydrogens is 276 g/mol. The molecule has 0 radical (unpaired) electrons. The van der Waals surface area contributed by atoms with E-state index in [0.717, 1.165) is 12.8 Å². The predicted octanol–water partition coefficient (Wildman–Crippen LogP) is 4.37. The van der Waals surface area contributed by atoms with Gasteiger partial charge >= 0.3 is 0 Å². The first-order valence-electron chi connectivity index (χ1n) is 8.34. The van der Waals surface area contributed by atoms with Gasteiger partial charge in [0.2, 0.25) is 5.91 Å². The minimum absolute atomic E-state index is 0.0716. The second-order valence-electron chi connectivity index (χ2n) is 5.58. The zero-order chi connectivity index (χ0) is 16.0. The molecule has 1 aromatic carbocycles. The largest absolute Gasteiger partial charge is 0.507 e. The van der Waals surface area contributed by atoms with Gasteiger partial charge in [-0.05, 0) is 18.6 Å². The number of para-hydroxylation sites is 1. The molecule has 1 amide bonds. The maximum absolute atomic E-state index is 11.6. The fourth-order valence-electron chi connectivity index (χ4n) is 2.25. The molecule has 0 heterocycles. The van der Waals surface area contributed by atoms with Gasteiger partial charge in [0.1, 0.15) is 5.75 Å². The van der Waals surface area contributed by atoms with E-state index in [0.29, 0.717) is 12.0 Å². The van der Waals surface area contributed by atoms with Crippen molar-refractivity contribution in [1.82, 2.24) is 5.43 Å². The lowest BCUT2D eigenvalue weighted by Gasteiger charge is -2.02. The minimum atomic E-state index is -0.0716. The fraction of sp³-hybridized carbons (Fsp3) is 0.556. The summed E-state index contributed by atoms with van der Waals surface area (Å²) < 4.78 is 0. The highest BCUT2D eigenvalue weighted by Crippen LogP contribution is 2.12. The van der Waals surface area contributed by atoms with E-state index in [4.69, 9.17) is 0 Å². The molecular formula is C18H28N2O2. The molecule has 0 saturated carbocycles. The second-order valence-corrected chi connectivity index (χ2v) is 5.58. The molecule has 0 bridgehead atoms. The number of unbranched alkanes of at least 4 members (excludes halogenated alkanes) is 7. The molecule has 0 spiro atoms. The Balaban J connectivity index is 2.05. The van der Waals surface area contributed by atoms with Crippen LogP contribution in [-0.2, 0) is 4.79 Å². The topological polar surface area (TPSA) is 61.7 Å². The summed E-state index contributed by atoms with van der Waals surface area (Å²) in [6.45, 7) is 2.22. The van der Waals surface area contributed by atoms with E-state index in [1.165, 1.54) is 44.7 Å². The number of aromatic hydroxyl groups is 1. The van der Waals surface area contributed by atoms with Gasteiger partial charge in [0, 0.05) is 12.0 Å². The summed E-state index contributed by atoms with van der Waals surface area (Å²) in [5.74, 6) is 0.0845. The molecule has 0 aliphatic carbocycles. The Labute approximate surface area is 133 Å². The van der Waals surface area contributed by atoms with Gasteiger partial charge in [-0.1, -0.05) is 64.0 Å². The summed E-state index contributed by atoms with van der Waals surface area (Å²) in [5.41, 5.74) is 3.09. The number of amides is 1. The van der Waals surface area contributed by atoms with E-state index in [1.807, 2.05) is 6.07 Å². The normalized spacial score (nSPS) is 11.0. The second kappa shape index (κ2) is 11.8. The number of phenolic OH excluding ortho intramolecular Hbond substituents is 1. The summed E-state index contributed by atoms with van der Waals surface area (Å²) in [7, 11) is 0. The van der Waals surface area contributed by atoms with Crippen molar-refractivity contribution in [2.45, 2.75) is 64.7 Å². The smallest absolute Gasteiger partial charge is 0.240 e. The summed E-state index contributed by atoms with van der Waals surface area (Å²) >= 11 is 0. The number of nitrogens with one attached hydrogen (secondary N) is 1. The van der Waals surface area contributed by atoms with Crippen LogP contribution in [0.1, 0.15) is 70.3 Å². The van der Waals surface area contributed by atoms with Crippen molar-refractivity contribution >= 4 is 12.1 Å². The number of hydrogen-bond donors (Lipinski definition) is 2. The number of carbonyl (C=O) groups is 1. The molecule has 0 atom stereocenters. The van der Waals surface area contributed by atoms with Crippen LogP contribution in [0.5, 0.6) is 5.75 Å². The van der Waals surface area contributed by atoms with Gasteiger partial charge in [-0.25, -0.2) is 5.43 Å². The first-order valence-corrected chi connectivity index (χ1v) is 8.34. The van der Waals surface area contributed by atoms with Crippen LogP contribution in [0.15, 0.2) is 29.4 Å². The van der Waals surface area contributed by atoms with Crippen molar-refractivity contribution in [1.29, 1.82) is 0 Å². The third kappa shape index (κ3) is 8.45. The van der Waals surface area contributed by atoms with E-state index in [-0.39, 0.29) is 11.7 Å². The average Bonchev–Trinajstić information content (AvgIpc) is 2.52. The van der Waals surface area contributed by atoms with Crippen LogP contribution in [-0.4, -0.2) is 17.2 Å². The van der Waals surface area contributed by atoms with Crippen LogP contribution in [0.2, 0.25) is 0 Å². The molecule has 4 heteroatoms. The maximum atomic E-state index is 11.6. The molecule has 1 aromatic rings. The summed E-state index contributed by atoms with van der Waals surface area (Å²) in [6, 6.07) is 6.88. The molecule has 22 heavy (non-hydrogen) atoms. The molecule has 1 rings (SSSR count). The summed E-state index contributed by atoms with van der Waals surface area (Å²) in [6.07, 6.45) is 11.7. The zero-order valence-electron chi connectivity index (χ0n) is 13.6. The molecule has 0 aliphatic heterocycles. The van der Waals surface area contributed by atoms with Gasteiger partial charge < -0.3 is 5.11 Å². The number of benzene rings is 1. The highest BCUT2D eigenvalue weighted by atomic mass is 16.3. The Bertz CT molecular complexity index is 458. The van der Waals surface area contributed by atoms with Crippen LogP contribution in [0, 0.1) is 0 Å². The lowest BCUT2D eigenvalue weighted by molar-refractivity contribution is -0.121. The quantitative estimate of drug-likeness (QED) is 0.362. The highest BCUT2D eigenvalue weighted by molar-refractivity contribution is 5.84. The number of hydrogen-bond acceptors (Lipinski definition) is 3. The number of carbonyl (C=O) groups excluding carboxylic acids is 1. The van der Waals surface area contributed by atoms with Crippen molar-refractivity contribution in [3.63, 3.8) is 0 Å². The number of nitrogens with zero attached hydrogens (tertiary/aromatic N) is 1. The Kier molecular flexibility index (Phi) is 9.75. The van der Waals surface area contributed by atoms with E-state index >= 15 is 0 Å². The van der Waals surface area contributed by atoms with Gasteiger partial charge in [-0.2, -0.15) is 5.10 Å². The molecule has 4 nitrogen and oxygen atoms in total.